The SMILES string of the molecule is Nc1ccc([C@H](N)C(F)(F)F)c(Br)c1. The van der Waals surface area contributed by atoms with Crippen molar-refractivity contribution in [2.24, 2.45) is 5.73 Å². The number of anilines is 1. The molecule has 0 saturated carbocycles. The van der Waals surface area contributed by atoms with Crippen LogP contribution in [0.25, 0.3) is 0 Å². The van der Waals surface area contributed by atoms with Crippen molar-refractivity contribution in [1.29, 1.82) is 0 Å². The van der Waals surface area contributed by atoms with Crippen molar-refractivity contribution in [3.8, 4) is 0 Å². The van der Waals surface area contributed by atoms with Gasteiger partial charge in [-0.25, -0.2) is 0 Å². The summed E-state index contributed by atoms with van der Waals surface area (Å²) in [5.74, 6) is 0. The fraction of sp³-hybridized carbons (Fsp3) is 0.250. The van der Waals surface area contributed by atoms with Gasteiger partial charge in [0.1, 0.15) is 6.04 Å². The van der Waals surface area contributed by atoms with E-state index in [1.165, 1.54) is 18.2 Å². The third kappa shape index (κ3) is 2.39. The summed E-state index contributed by atoms with van der Waals surface area (Å²) >= 11 is 2.98. The van der Waals surface area contributed by atoms with Crippen LogP contribution in [-0.4, -0.2) is 6.18 Å². The lowest BCUT2D eigenvalue weighted by molar-refractivity contribution is -0.149. The van der Waals surface area contributed by atoms with E-state index >= 15 is 0 Å². The number of benzene rings is 1. The summed E-state index contributed by atoms with van der Waals surface area (Å²) in [7, 11) is 0. The van der Waals surface area contributed by atoms with Crippen LogP contribution < -0.4 is 11.5 Å². The lowest BCUT2D eigenvalue weighted by Crippen LogP contribution is -2.28. The fourth-order valence-corrected chi connectivity index (χ4v) is 1.62. The number of halogens is 4. The minimum atomic E-state index is -4.45. The number of hydrogen-bond acceptors (Lipinski definition) is 2. The van der Waals surface area contributed by atoms with Crippen LogP contribution >= 0.6 is 15.9 Å². The molecule has 0 aliphatic rings. The molecule has 0 aromatic heterocycles. The minimum absolute atomic E-state index is 0.0216. The zero-order valence-corrected chi connectivity index (χ0v) is 8.56. The second kappa shape index (κ2) is 3.78. The molecule has 1 aromatic carbocycles. The topological polar surface area (TPSA) is 52.0 Å². The second-order valence-electron chi connectivity index (χ2n) is 2.80. The first-order valence-corrected chi connectivity index (χ1v) is 4.49. The Labute approximate surface area is 87.2 Å². The first-order valence-electron chi connectivity index (χ1n) is 3.69. The zero-order chi connectivity index (χ0) is 10.9. The average Bonchev–Trinajstić information content (AvgIpc) is 2.01. The molecular weight excluding hydrogens is 261 g/mol. The van der Waals surface area contributed by atoms with Crippen molar-refractivity contribution in [2.75, 3.05) is 5.73 Å². The first kappa shape index (κ1) is 11.3. The maximum Gasteiger partial charge on any atom is 0.407 e. The molecule has 4 N–H and O–H groups in total. The molecule has 0 amide bonds. The van der Waals surface area contributed by atoms with Crippen LogP contribution in [0.5, 0.6) is 0 Å². The standard InChI is InChI=1S/C8H8BrF3N2/c9-6-3-4(13)1-2-5(6)7(14)8(10,11)12/h1-3,7H,13-14H2/t7-/m0/s1. The maximum atomic E-state index is 12.2. The summed E-state index contributed by atoms with van der Waals surface area (Å²) in [6, 6.07) is 2.04. The van der Waals surface area contributed by atoms with Crippen LogP contribution in [0.3, 0.4) is 0 Å². The number of nitrogen functional groups attached to an aromatic ring is 1. The van der Waals surface area contributed by atoms with Crippen molar-refractivity contribution >= 4 is 21.6 Å². The van der Waals surface area contributed by atoms with E-state index in [9.17, 15) is 13.2 Å². The highest BCUT2D eigenvalue weighted by Gasteiger charge is 2.38. The molecule has 0 bridgehead atoms. The van der Waals surface area contributed by atoms with Crippen molar-refractivity contribution < 1.29 is 13.2 Å². The summed E-state index contributed by atoms with van der Waals surface area (Å²) in [5, 5.41) is 0. The summed E-state index contributed by atoms with van der Waals surface area (Å²) < 4.78 is 37.0. The summed E-state index contributed by atoms with van der Waals surface area (Å²) in [5.41, 5.74) is 10.8. The Morgan fingerprint density at radius 3 is 2.29 bits per heavy atom. The van der Waals surface area contributed by atoms with E-state index in [1.54, 1.807) is 0 Å². The lowest BCUT2D eigenvalue weighted by Gasteiger charge is -2.17. The second-order valence-corrected chi connectivity index (χ2v) is 3.65. The number of rotatable bonds is 1. The van der Waals surface area contributed by atoms with Crippen LogP contribution in [-0.2, 0) is 0 Å². The molecule has 1 aromatic rings. The molecule has 1 rings (SSSR count). The predicted molar refractivity (Wildman–Crippen MR) is 51.5 cm³/mol. The molecule has 0 unspecified atom stereocenters. The number of hydrogen-bond donors (Lipinski definition) is 2. The molecule has 1 atom stereocenters. The van der Waals surface area contributed by atoms with E-state index < -0.39 is 12.2 Å². The monoisotopic (exact) mass is 268 g/mol. The van der Waals surface area contributed by atoms with Gasteiger partial charge in [-0.05, 0) is 17.7 Å². The van der Waals surface area contributed by atoms with Crippen LogP contribution in [0.2, 0.25) is 0 Å². The van der Waals surface area contributed by atoms with Gasteiger partial charge < -0.3 is 11.5 Å². The van der Waals surface area contributed by atoms with Gasteiger partial charge >= 0.3 is 6.18 Å². The van der Waals surface area contributed by atoms with Gasteiger partial charge in [0.2, 0.25) is 0 Å². The van der Waals surface area contributed by atoms with Gasteiger partial charge in [-0.2, -0.15) is 13.2 Å². The Kier molecular flexibility index (Phi) is 3.06. The smallest absolute Gasteiger partial charge is 0.399 e. The van der Waals surface area contributed by atoms with Crippen LogP contribution in [0, 0.1) is 0 Å². The molecule has 6 heteroatoms. The van der Waals surface area contributed by atoms with Gasteiger partial charge in [0, 0.05) is 10.2 Å². The lowest BCUT2D eigenvalue weighted by atomic mass is 10.1. The van der Waals surface area contributed by atoms with Crippen molar-refractivity contribution in [3.63, 3.8) is 0 Å². The Balaban J connectivity index is 3.08. The molecule has 2 nitrogen and oxygen atoms in total. The van der Waals surface area contributed by atoms with Crippen molar-refractivity contribution in [2.45, 2.75) is 12.2 Å². The predicted octanol–water partition coefficient (Wildman–Crippen LogP) is 2.59. The Hall–Kier alpha value is -0.750. The third-order valence-corrected chi connectivity index (χ3v) is 2.40. The molecular formula is C8H8BrF3N2. The molecule has 78 valence electrons. The first-order chi connectivity index (χ1) is 6.32. The van der Waals surface area contributed by atoms with E-state index in [4.69, 9.17) is 11.5 Å². The van der Waals surface area contributed by atoms with E-state index in [2.05, 4.69) is 15.9 Å². The normalized spacial score (nSPS) is 14.1. The molecule has 0 aliphatic carbocycles. The third-order valence-electron chi connectivity index (χ3n) is 1.71. The highest BCUT2D eigenvalue weighted by atomic mass is 79.9. The Morgan fingerprint density at radius 2 is 1.86 bits per heavy atom. The molecule has 0 saturated heterocycles. The summed E-state index contributed by atoms with van der Waals surface area (Å²) in [6.07, 6.45) is -4.45. The van der Waals surface area contributed by atoms with Gasteiger partial charge in [0.25, 0.3) is 0 Å². The van der Waals surface area contributed by atoms with Crippen LogP contribution in [0.1, 0.15) is 11.6 Å². The molecule has 0 radical (unpaired) electrons. The summed E-state index contributed by atoms with van der Waals surface area (Å²) in [4.78, 5) is 0. The van der Waals surface area contributed by atoms with Gasteiger partial charge in [-0.15, -0.1) is 0 Å². The highest BCUT2D eigenvalue weighted by Crippen LogP contribution is 2.34. The zero-order valence-electron chi connectivity index (χ0n) is 6.98. The number of alkyl halides is 3. The maximum absolute atomic E-state index is 12.2. The van der Waals surface area contributed by atoms with Crippen molar-refractivity contribution in [1.82, 2.24) is 0 Å². The van der Waals surface area contributed by atoms with Gasteiger partial charge in [-0.3, -0.25) is 0 Å². The van der Waals surface area contributed by atoms with Gasteiger partial charge in [0.05, 0.1) is 0 Å². The van der Waals surface area contributed by atoms with Crippen LogP contribution in [0.4, 0.5) is 18.9 Å². The molecule has 0 spiro atoms. The van der Waals surface area contributed by atoms with E-state index in [1.807, 2.05) is 0 Å². The molecule has 0 aliphatic heterocycles. The highest BCUT2D eigenvalue weighted by molar-refractivity contribution is 9.10. The van der Waals surface area contributed by atoms with Gasteiger partial charge in [-0.1, -0.05) is 22.0 Å². The molecule has 0 fully saturated rings. The fourth-order valence-electron chi connectivity index (χ4n) is 0.972. The minimum Gasteiger partial charge on any atom is -0.399 e. The van der Waals surface area contributed by atoms with Gasteiger partial charge in [0.15, 0.2) is 0 Å². The average molecular weight is 269 g/mol. The summed E-state index contributed by atoms with van der Waals surface area (Å²) in [6.45, 7) is 0. The molecule has 14 heavy (non-hydrogen) atoms. The van der Waals surface area contributed by atoms with E-state index in [0.29, 0.717) is 5.69 Å². The quantitative estimate of drug-likeness (QED) is 0.770. The van der Waals surface area contributed by atoms with E-state index in [-0.39, 0.29) is 10.0 Å². The van der Waals surface area contributed by atoms with Crippen molar-refractivity contribution in [3.05, 3.63) is 28.2 Å². The largest absolute Gasteiger partial charge is 0.407 e. The van der Waals surface area contributed by atoms with Crippen LogP contribution in [0.15, 0.2) is 22.7 Å². The Morgan fingerprint density at radius 1 is 1.29 bits per heavy atom. The molecule has 0 heterocycles. The Bertz CT molecular complexity index is 338. The van der Waals surface area contributed by atoms with E-state index in [0.717, 1.165) is 0 Å². The number of nitrogens with two attached hydrogens (primary N) is 2.